The van der Waals surface area contributed by atoms with Crippen molar-refractivity contribution in [2.24, 2.45) is 5.92 Å². The van der Waals surface area contributed by atoms with Gasteiger partial charge in [-0.15, -0.1) is 0 Å². The Morgan fingerprint density at radius 1 is 1.10 bits per heavy atom. The third kappa shape index (κ3) is 4.85. The van der Waals surface area contributed by atoms with E-state index in [0.29, 0.717) is 6.42 Å². The molecular formula is C15H25NO4. The summed E-state index contributed by atoms with van der Waals surface area (Å²) in [6.45, 7) is 4.42. The van der Waals surface area contributed by atoms with E-state index < -0.39 is 17.6 Å². The molecule has 114 valence electrons. The summed E-state index contributed by atoms with van der Waals surface area (Å²) in [6, 6.07) is 9.77. The number of hydrogen-bond acceptors (Lipinski definition) is 5. The van der Waals surface area contributed by atoms with Gasteiger partial charge in [0, 0.05) is 6.54 Å². The van der Waals surface area contributed by atoms with E-state index in [2.05, 4.69) is 5.32 Å². The summed E-state index contributed by atoms with van der Waals surface area (Å²) in [4.78, 5) is 0. The number of aliphatic hydroxyl groups is 4. The number of hydrogen-bond donors (Lipinski definition) is 5. The molecule has 0 aliphatic heterocycles. The van der Waals surface area contributed by atoms with Crippen LogP contribution in [0.5, 0.6) is 0 Å². The van der Waals surface area contributed by atoms with Crippen LogP contribution >= 0.6 is 0 Å². The molecule has 0 aliphatic carbocycles. The third-order valence-corrected chi connectivity index (χ3v) is 3.47. The Labute approximate surface area is 119 Å². The standard InChI is InChI=1S/C15H25NO4/c1-11(9-12-7-5-4-6-8-12)13(17)10-16-15(19,20)14(2,3)18/h4-8,11,13,16-20H,9-10H2,1-3H3. The van der Waals surface area contributed by atoms with Gasteiger partial charge in [0.1, 0.15) is 5.60 Å². The van der Waals surface area contributed by atoms with Crippen LogP contribution in [0.1, 0.15) is 26.3 Å². The molecule has 0 aliphatic rings. The van der Waals surface area contributed by atoms with Crippen molar-refractivity contribution in [3.63, 3.8) is 0 Å². The largest absolute Gasteiger partial charge is 0.392 e. The zero-order valence-corrected chi connectivity index (χ0v) is 12.2. The van der Waals surface area contributed by atoms with Crippen molar-refractivity contribution in [2.45, 2.75) is 44.8 Å². The Hall–Kier alpha value is -0.980. The SMILES string of the molecule is CC(Cc1ccccc1)C(O)CNC(O)(O)C(C)(C)O. The van der Waals surface area contributed by atoms with Gasteiger partial charge in [-0.3, -0.25) is 5.32 Å². The molecule has 2 atom stereocenters. The minimum atomic E-state index is -2.44. The van der Waals surface area contributed by atoms with E-state index in [1.165, 1.54) is 13.8 Å². The minimum absolute atomic E-state index is 0.0228. The Balaban J connectivity index is 2.49. The van der Waals surface area contributed by atoms with Gasteiger partial charge < -0.3 is 20.4 Å². The van der Waals surface area contributed by atoms with E-state index in [1.807, 2.05) is 37.3 Å². The van der Waals surface area contributed by atoms with Crippen LogP contribution in [-0.4, -0.2) is 44.6 Å². The van der Waals surface area contributed by atoms with Crippen molar-refractivity contribution in [1.29, 1.82) is 0 Å². The summed E-state index contributed by atoms with van der Waals surface area (Å²) in [6.07, 6.45) is -0.0630. The van der Waals surface area contributed by atoms with Gasteiger partial charge in [-0.05, 0) is 31.7 Å². The Bertz CT molecular complexity index is 400. The molecule has 0 heterocycles. The van der Waals surface area contributed by atoms with Crippen LogP contribution < -0.4 is 5.32 Å². The smallest absolute Gasteiger partial charge is 0.252 e. The van der Waals surface area contributed by atoms with E-state index in [4.69, 9.17) is 0 Å². The summed E-state index contributed by atoms with van der Waals surface area (Å²) in [7, 11) is 0. The first-order chi connectivity index (χ1) is 9.13. The second kappa shape index (κ2) is 6.65. The van der Waals surface area contributed by atoms with Gasteiger partial charge in [-0.2, -0.15) is 0 Å². The molecule has 5 heteroatoms. The Kier molecular flexibility index (Phi) is 5.68. The second-order valence-electron chi connectivity index (χ2n) is 5.85. The van der Waals surface area contributed by atoms with Crippen molar-refractivity contribution in [2.75, 3.05) is 6.54 Å². The first-order valence-electron chi connectivity index (χ1n) is 6.77. The molecule has 0 saturated heterocycles. The highest BCUT2D eigenvalue weighted by atomic mass is 16.5. The molecule has 5 nitrogen and oxygen atoms in total. The van der Waals surface area contributed by atoms with Gasteiger partial charge in [-0.1, -0.05) is 37.3 Å². The van der Waals surface area contributed by atoms with Crippen LogP contribution in [-0.2, 0) is 6.42 Å². The summed E-state index contributed by atoms with van der Waals surface area (Å²) in [5, 5.41) is 41.3. The molecule has 1 aromatic rings. The maximum absolute atomic E-state index is 10.0. The highest BCUT2D eigenvalue weighted by Gasteiger charge is 2.40. The maximum Gasteiger partial charge on any atom is 0.252 e. The van der Waals surface area contributed by atoms with E-state index in [-0.39, 0.29) is 12.5 Å². The molecule has 1 rings (SSSR count). The lowest BCUT2D eigenvalue weighted by atomic mass is 9.95. The monoisotopic (exact) mass is 283 g/mol. The lowest BCUT2D eigenvalue weighted by molar-refractivity contribution is -0.282. The molecule has 20 heavy (non-hydrogen) atoms. The molecule has 0 saturated carbocycles. The van der Waals surface area contributed by atoms with Crippen LogP contribution in [0, 0.1) is 5.92 Å². The van der Waals surface area contributed by atoms with Crippen molar-refractivity contribution in [3.05, 3.63) is 35.9 Å². The lowest BCUT2D eigenvalue weighted by Crippen LogP contribution is -2.62. The molecule has 2 unspecified atom stereocenters. The van der Waals surface area contributed by atoms with Crippen LogP contribution in [0.3, 0.4) is 0 Å². The van der Waals surface area contributed by atoms with E-state index >= 15 is 0 Å². The summed E-state index contributed by atoms with van der Waals surface area (Å²) >= 11 is 0. The summed E-state index contributed by atoms with van der Waals surface area (Å²) in [5.41, 5.74) is -0.615. The van der Waals surface area contributed by atoms with Crippen LogP contribution in [0.2, 0.25) is 0 Å². The fraction of sp³-hybridized carbons (Fsp3) is 0.600. The second-order valence-corrected chi connectivity index (χ2v) is 5.85. The number of aliphatic hydroxyl groups excluding tert-OH is 1. The first kappa shape index (κ1) is 17.1. The van der Waals surface area contributed by atoms with Gasteiger partial charge >= 0.3 is 0 Å². The average Bonchev–Trinajstić information content (AvgIpc) is 2.35. The van der Waals surface area contributed by atoms with Crippen LogP contribution in [0.15, 0.2) is 30.3 Å². The Morgan fingerprint density at radius 3 is 2.15 bits per heavy atom. The van der Waals surface area contributed by atoms with Crippen molar-refractivity contribution < 1.29 is 20.4 Å². The third-order valence-electron chi connectivity index (χ3n) is 3.47. The zero-order chi connectivity index (χ0) is 15.4. The van der Waals surface area contributed by atoms with Crippen molar-refractivity contribution >= 4 is 0 Å². The molecular weight excluding hydrogens is 258 g/mol. The summed E-state index contributed by atoms with van der Waals surface area (Å²) < 4.78 is 0. The molecule has 0 bridgehead atoms. The van der Waals surface area contributed by atoms with Gasteiger partial charge in [0.05, 0.1) is 6.10 Å². The van der Waals surface area contributed by atoms with Crippen molar-refractivity contribution in [1.82, 2.24) is 5.32 Å². The quantitative estimate of drug-likeness (QED) is 0.462. The molecule has 5 N–H and O–H groups in total. The lowest BCUT2D eigenvalue weighted by Gasteiger charge is -2.35. The van der Waals surface area contributed by atoms with Crippen LogP contribution in [0.25, 0.3) is 0 Å². The van der Waals surface area contributed by atoms with Crippen LogP contribution in [0.4, 0.5) is 0 Å². The normalized spacial score (nSPS) is 15.9. The number of nitrogens with one attached hydrogen (secondary N) is 1. The van der Waals surface area contributed by atoms with Gasteiger partial charge in [-0.25, -0.2) is 0 Å². The zero-order valence-electron chi connectivity index (χ0n) is 12.2. The molecule has 0 spiro atoms. The molecule has 0 radical (unpaired) electrons. The fourth-order valence-corrected chi connectivity index (χ4v) is 1.79. The van der Waals surface area contributed by atoms with Crippen molar-refractivity contribution in [3.8, 4) is 0 Å². The molecule has 0 amide bonds. The van der Waals surface area contributed by atoms with Gasteiger partial charge in [0.25, 0.3) is 5.91 Å². The summed E-state index contributed by atoms with van der Waals surface area (Å²) in [5.74, 6) is -2.50. The van der Waals surface area contributed by atoms with E-state index in [0.717, 1.165) is 5.56 Å². The van der Waals surface area contributed by atoms with Gasteiger partial charge in [0.15, 0.2) is 0 Å². The number of rotatable bonds is 7. The minimum Gasteiger partial charge on any atom is -0.392 e. The topological polar surface area (TPSA) is 93.0 Å². The molecule has 0 aromatic heterocycles. The molecule has 1 aromatic carbocycles. The predicted molar refractivity (Wildman–Crippen MR) is 76.8 cm³/mol. The highest BCUT2D eigenvalue weighted by Crippen LogP contribution is 2.17. The molecule has 0 fully saturated rings. The fourth-order valence-electron chi connectivity index (χ4n) is 1.79. The van der Waals surface area contributed by atoms with Gasteiger partial charge in [0.2, 0.25) is 0 Å². The Morgan fingerprint density at radius 2 is 1.65 bits per heavy atom. The predicted octanol–water partition coefficient (Wildman–Crippen LogP) is 0.225. The van der Waals surface area contributed by atoms with E-state index in [9.17, 15) is 20.4 Å². The van der Waals surface area contributed by atoms with E-state index in [1.54, 1.807) is 0 Å². The highest BCUT2D eigenvalue weighted by molar-refractivity contribution is 5.15. The average molecular weight is 283 g/mol. The maximum atomic E-state index is 10.0. The first-order valence-corrected chi connectivity index (χ1v) is 6.77. The number of benzene rings is 1.